The molecule has 9 heteroatoms. The van der Waals surface area contributed by atoms with Crippen LogP contribution in [0, 0.1) is 11.8 Å². The monoisotopic (exact) mass is 367 g/mol. The fourth-order valence-electron chi connectivity index (χ4n) is 3.66. The third kappa shape index (κ3) is 4.45. The van der Waals surface area contributed by atoms with E-state index in [0.29, 0.717) is 50.9 Å². The van der Waals surface area contributed by atoms with Gasteiger partial charge in [0.1, 0.15) is 0 Å². The minimum Gasteiger partial charge on any atom is -0.213 e. The molecule has 0 spiro atoms. The van der Waals surface area contributed by atoms with Gasteiger partial charge in [0, 0.05) is 39.3 Å². The van der Waals surface area contributed by atoms with Crippen molar-refractivity contribution in [3.05, 3.63) is 0 Å². The molecule has 0 aromatic heterocycles. The first kappa shape index (κ1) is 19.1. The van der Waals surface area contributed by atoms with Crippen LogP contribution in [-0.2, 0) is 20.2 Å². The Balaban J connectivity index is 2.01. The molecule has 0 aliphatic carbocycles. The predicted octanol–water partition coefficient (Wildman–Crippen LogP) is 0.565. The maximum absolute atomic E-state index is 12.8. The number of nitrogens with zero attached hydrogens (tertiary/aromatic N) is 3. The van der Waals surface area contributed by atoms with Gasteiger partial charge in [0.25, 0.3) is 10.2 Å². The van der Waals surface area contributed by atoms with Crippen LogP contribution in [0.4, 0.5) is 0 Å². The molecule has 2 aliphatic rings. The van der Waals surface area contributed by atoms with Crippen molar-refractivity contribution in [3.63, 3.8) is 0 Å². The first-order chi connectivity index (χ1) is 10.5. The van der Waals surface area contributed by atoms with Gasteiger partial charge in [-0.25, -0.2) is 12.7 Å². The van der Waals surface area contributed by atoms with E-state index in [1.54, 1.807) is 11.4 Å². The molecular formula is C14H29N3O4S2. The summed E-state index contributed by atoms with van der Waals surface area (Å²) >= 11 is 0. The minimum atomic E-state index is -3.44. The fraction of sp³-hybridized carbons (Fsp3) is 1.00. The van der Waals surface area contributed by atoms with Gasteiger partial charge in [-0.1, -0.05) is 13.8 Å². The fourth-order valence-corrected chi connectivity index (χ4v) is 6.30. The SMILES string of the molecule is CC1CC(C)CN(S(=O)(=O)N2CCC(N(C)S(C)(=O)=O)CC2)C1. The van der Waals surface area contributed by atoms with Gasteiger partial charge < -0.3 is 0 Å². The summed E-state index contributed by atoms with van der Waals surface area (Å²) in [5, 5.41) is 0. The van der Waals surface area contributed by atoms with E-state index in [2.05, 4.69) is 13.8 Å². The Kier molecular flexibility index (Phi) is 5.78. The Morgan fingerprint density at radius 1 is 0.913 bits per heavy atom. The Hall–Kier alpha value is -0.220. The molecule has 0 bridgehead atoms. The highest BCUT2D eigenvalue weighted by atomic mass is 32.2. The Bertz CT molecular complexity index is 602. The lowest BCUT2D eigenvalue weighted by atomic mass is 9.94. The molecule has 7 nitrogen and oxygen atoms in total. The molecule has 2 atom stereocenters. The summed E-state index contributed by atoms with van der Waals surface area (Å²) in [4.78, 5) is 0. The summed E-state index contributed by atoms with van der Waals surface area (Å²) in [6.07, 6.45) is 3.34. The van der Waals surface area contributed by atoms with E-state index in [4.69, 9.17) is 0 Å². The van der Waals surface area contributed by atoms with Crippen LogP contribution in [0.5, 0.6) is 0 Å². The normalized spacial score (nSPS) is 30.0. The lowest BCUT2D eigenvalue weighted by Crippen LogP contribution is -2.53. The van der Waals surface area contributed by atoms with Crippen molar-refractivity contribution in [3.8, 4) is 0 Å². The molecule has 2 unspecified atom stereocenters. The van der Waals surface area contributed by atoms with Crippen LogP contribution in [-0.4, -0.2) is 75.3 Å². The standard InChI is InChI=1S/C14H29N3O4S2/c1-12-9-13(2)11-17(10-12)23(20,21)16-7-5-14(6-8-16)15(3)22(4,18)19/h12-14H,5-11H2,1-4H3. The van der Waals surface area contributed by atoms with E-state index in [1.165, 1.54) is 14.9 Å². The van der Waals surface area contributed by atoms with E-state index < -0.39 is 20.2 Å². The summed E-state index contributed by atoms with van der Waals surface area (Å²) in [5.74, 6) is 0.755. The maximum Gasteiger partial charge on any atom is 0.281 e. The summed E-state index contributed by atoms with van der Waals surface area (Å²) in [7, 11) is -5.10. The van der Waals surface area contributed by atoms with Crippen LogP contribution in [0.3, 0.4) is 0 Å². The molecule has 0 N–H and O–H groups in total. The first-order valence-electron chi connectivity index (χ1n) is 8.20. The summed E-state index contributed by atoms with van der Waals surface area (Å²) in [6.45, 7) is 6.10. The predicted molar refractivity (Wildman–Crippen MR) is 90.6 cm³/mol. The molecule has 0 radical (unpaired) electrons. The van der Waals surface area contributed by atoms with Gasteiger partial charge in [0.05, 0.1) is 6.26 Å². The van der Waals surface area contributed by atoms with Crippen molar-refractivity contribution in [1.29, 1.82) is 0 Å². The topological polar surface area (TPSA) is 78.0 Å². The first-order valence-corrected chi connectivity index (χ1v) is 11.4. The van der Waals surface area contributed by atoms with E-state index >= 15 is 0 Å². The molecule has 23 heavy (non-hydrogen) atoms. The van der Waals surface area contributed by atoms with Crippen molar-refractivity contribution >= 4 is 20.2 Å². The number of sulfonamides is 1. The molecule has 2 fully saturated rings. The molecule has 0 amide bonds. The molecule has 0 saturated carbocycles. The molecule has 2 heterocycles. The van der Waals surface area contributed by atoms with Gasteiger partial charge in [-0.15, -0.1) is 0 Å². The molecule has 136 valence electrons. The molecule has 2 rings (SSSR count). The highest BCUT2D eigenvalue weighted by Gasteiger charge is 2.37. The second-order valence-corrected chi connectivity index (χ2v) is 11.2. The quantitative estimate of drug-likeness (QED) is 0.728. The second-order valence-electron chi connectivity index (χ2n) is 7.18. The van der Waals surface area contributed by atoms with Crippen molar-refractivity contribution < 1.29 is 16.8 Å². The zero-order valence-corrected chi connectivity index (χ0v) is 16.1. The zero-order valence-electron chi connectivity index (χ0n) is 14.5. The van der Waals surface area contributed by atoms with Crippen LogP contribution in [0.1, 0.15) is 33.1 Å². The van der Waals surface area contributed by atoms with E-state index in [0.717, 1.165) is 6.42 Å². The number of rotatable bonds is 4. The highest BCUT2D eigenvalue weighted by Crippen LogP contribution is 2.27. The van der Waals surface area contributed by atoms with Gasteiger partial charge in [-0.2, -0.15) is 17.0 Å². The minimum absolute atomic E-state index is 0.115. The number of piperidine rings is 2. The van der Waals surface area contributed by atoms with Gasteiger partial charge in [0.2, 0.25) is 10.0 Å². The van der Waals surface area contributed by atoms with Crippen LogP contribution in [0.25, 0.3) is 0 Å². The third-order valence-corrected chi connectivity index (χ3v) is 8.26. The highest BCUT2D eigenvalue weighted by molar-refractivity contribution is 7.88. The van der Waals surface area contributed by atoms with Crippen molar-refractivity contribution in [2.45, 2.75) is 39.2 Å². The molecule has 2 saturated heterocycles. The van der Waals surface area contributed by atoms with Gasteiger partial charge in [0.15, 0.2) is 0 Å². The number of hydrogen-bond acceptors (Lipinski definition) is 4. The van der Waals surface area contributed by atoms with Crippen LogP contribution >= 0.6 is 0 Å². The molecular weight excluding hydrogens is 338 g/mol. The maximum atomic E-state index is 12.8. The third-order valence-electron chi connectivity index (χ3n) is 4.95. The zero-order chi connectivity index (χ0) is 17.4. The lowest BCUT2D eigenvalue weighted by Gasteiger charge is -2.40. The van der Waals surface area contributed by atoms with Crippen molar-refractivity contribution in [2.75, 3.05) is 39.5 Å². The van der Waals surface area contributed by atoms with E-state index in [-0.39, 0.29) is 6.04 Å². The van der Waals surface area contributed by atoms with Crippen LogP contribution < -0.4 is 0 Å². The Labute approximate surface area is 140 Å². The summed E-state index contributed by atoms with van der Waals surface area (Å²) in [6, 6.07) is -0.115. The van der Waals surface area contributed by atoms with Gasteiger partial charge in [-0.05, 0) is 31.1 Å². The van der Waals surface area contributed by atoms with Crippen molar-refractivity contribution in [1.82, 2.24) is 12.9 Å². The Morgan fingerprint density at radius 2 is 1.39 bits per heavy atom. The smallest absolute Gasteiger partial charge is 0.213 e. The second kappa shape index (κ2) is 6.95. The number of hydrogen-bond donors (Lipinski definition) is 0. The average Bonchev–Trinajstić information content (AvgIpc) is 2.44. The van der Waals surface area contributed by atoms with Crippen LogP contribution in [0.2, 0.25) is 0 Å². The average molecular weight is 368 g/mol. The van der Waals surface area contributed by atoms with E-state index in [9.17, 15) is 16.8 Å². The largest absolute Gasteiger partial charge is 0.281 e. The van der Waals surface area contributed by atoms with Crippen LogP contribution in [0.15, 0.2) is 0 Å². The van der Waals surface area contributed by atoms with Crippen molar-refractivity contribution in [2.24, 2.45) is 11.8 Å². The molecule has 0 aromatic carbocycles. The molecule has 2 aliphatic heterocycles. The molecule has 0 aromatic rings. The van der Waals surface area contributed by atoms with Gasteiger partial charge in [-0.3, -0.25) is 0 Å². The lowest BCUT2D eigenvalue weighted by molar-refractivity contribution is 0.191. The summed E-state index contributed by atoms with van der Waals surface area (Å²) in [5.41, 5.74) is 0. The summed E-state index contributed by atoms with van der Waals surface area (Å²) < 4.78 is 53.4. The van der Waals surface area contributed by atoms with Gasteiger partial charge >= 0.3 is 0 Å². The Morgan fingerprint density at radius 3 is 1.83 bits per heavy atom. The van der Waals surface area contributed by atoms with E-state index in [1.807, 2.05) is 0 Å².